The van der Waals surface area contributed by atoms with E-state index in [0.29, 0.717) is 16.7 Å². The quantitative estimate of drug-likeness (QED) is 0.182. The van der Waals surface area contributed by atoms with Crippen LogP contribution in [0.15, 0.2) is 84.9 Å². The van der Waals surface area contributed by atoms with Crippen molar-refractivity contribution in [3.63, 3.8) is 0 Å². The number of hydrogen-bond donors (Lipinski definition) is 2. The Bertz CT molecular complexity index is 2510. The van der Waals surface area contributed by atoms with Crippen LogP contribution in [0.2, 0.25) is 0 Å². The molecular formula is C45H53F6LiN10O3. The average molecular weight is 903 g/mol. The zero-order valence-electron chi connectivity index (χ0n) is 36.3. The van der Waals surface area contributed by atoms with Crippen LogP contribution in [0.5, 0.6) is 0 Å². The fraction of sp³-hybridized carbons (Fsp3) is 0.378. The van der Waals surface area contributed by atoms with Crippen molar-refractivity contribution in [1.82, 2.24) is 34.7 Å². The minimum absolute atomic E-state index is 0. The van der Waals surface area contributed by atoms with Gasteiger partial charge in [0.25, 0.3) is 5.91 Å². The molecule has 0 atom stereocenters. The van der Waals surface area contributed by atoms with Gasteiger partial charge >= 0.3 is 31.2 Å². The molecule has 344 valence electrons. The zero-order chi connectivity index (χ0) is 45.6. The van der Waals surface area contributed by atoms with Crippen LogP contribution >= 0.6 is 0 Å². The Hall–Kier alpha value is -5.58. The Balaban J connectivity index is 0.000000233. The van der Waals surface area contributed by atoms with E-state index in [2.05, 4.69) is 49.2 Å². The molecule has 2 saturated heterocycles. The molecule has 2 aliphatic rings. The van der Waals surface area contributed by atoms with E-state index in [9.17, 15) is 41.0 Å². The van der Waals surface area contributed by atoms with Crippen molar-refractivity contribution in [3.8, 4) is 0 Å². The van der Waals surface area contributed by atoms with Gasteiger partial charge in [0.15, 0.2) is 11.6 Å². The van der Waals surface area contributed by atoms with Gasteiger partial charge in [0.2, 0.25) is 0 Å². The first-order valence-electron chi connectivity index (χ1n) is 20.1. The maximum Gasteiger partial charge on any atom is 1.00 e. The van der Waals surface area contributed by atoms with Crippen LogP contribution in [-0.2, 0) is 39.5 Å². The molecule has 0 spiro atoms. The van der Waals surface area contributed by atoms with Crippen molar-refractivity contribution in [2.45, 2.75) is 32.9 Å². The molecule has 4 aromatic carbocycles. The van der Waals surface area contributed by atoms with Crippen LogP contribution in [-0.4, -0.2) is 108 Å². The Morgan fingerprint density at radius 3 is 1.38 bits per heavy atom. The van der Waals surface area contributed by atoms with E-state index in [1.807, 2.05) is 26.2 Å². The summed E-state index contributed by atoms with van der Waals surface area (Å²) in [5.41, 5.74) is 7.52. The number of benzene rings is 4. The number of anilines is 2. The summed E-state index contributed by atoms with van der Waals surface area (Å²) in [5.74, 6) is 0.404. The van der Waals surface area contributed by atoms with Gasteiger partial charge in [-0.05, 0) is 85.4 Å². The maximum absolute atomic E-state index is 12.7. The number of nitrogens with zero attached hydrogens (tertiary/aromatic N) is 8. The summed E-state index contributed by atoms with van der Waals surface area (Å²) in [4.78, 5) is 32.6. The molecule has 13 nitrogen and oxygen atoms in total. The number of alkyl halides is 6. The smallest absolute Gasteiger partial charge is 0.545 e. The second-order valence-corrected chi connectivity index (χ2v) is 15.5. The first-order chi connectivity index (χ1) is 29.8. The molecule has 0 radical (unpaired) electrons. The van der Waals surface area contributed by atoms with E-state index in [4.69, 9.17) is 5.73 Å². The number of aromatic carboxylic acids is 1. The number of hydrogen-bond acceptors (Lipinski definition) is 10. The van der Waals surface area contributed by atoms with E-state index in [0.717, 1.165) is 110 Å². The predicted molar refractivity (Wildman–Crippen MR) is 234 cm³/mol. The number of aryl methyl sites for hydroxylation is 2. The molecular weight excluding hydrogens is 849 g/mol. The monoisotopic (exact) mass is 902 g/mol. The number of nitrogens with one attached hydrogen (secondary N) is 1. The summed E-state index contributed by atoms with van der Waals surface area (Å²) < 4.78 is 77.5. The van der Waals surface area contributed by atoms with E-state index in [-0.39, 0.29) is 50.8 Å². The number of rotatable bonds is 7. The molecule has 8 rings (SSSR count). The average Bonchev–Trinajstić information content (AvgIpc) is 3.78. The maximum atomic E-state index is 12.7. The summed E-state index contributed by atoms with van der Waals surface area (Å²) in [6, 6.07) is 20.1. The Kier molecular flexibility index (Phi) is 17.7. The van der Waals surface area contributed by atoms with E-state index in [1.165, 1.54) is 24.3 Å². The molecule has 6 aromatic rings. The van der Waals surface area contributed by atoms with Crippen LogP contribution in [0.3, 0.4) is 0 Å². The van der Waals surface area contributed by atoms with Crippen molar-refractivity contribution in [3.05, 3.63) is 118 Å². The van der Waals surface area contributed by atoms with Crippen LogP contribution in [0, 0.1) is 0 Å². The SMILES string of the molecule is C.CN1CCN(c2nn(C)c3cc(C(=O)NCc4ccc(C(F)(F)F)cc4)ccc23)CC1.CN1CCN(c2nn(C)c3cc(C(=O)[O-])ccc23)CC1.NCc1ccc(C(F)(F)F)cc1.[Li+]. The van der Waals surface area contributed by atoms with Gasteiger partial charge in [0, 0.05) is 95.9 Å². The van der Waals surface area contributed by atoms with Gasteiger partial charge in [-0.25, -0.2) is 0 Å². The molecule has 20 heteroatoms. The summed E-state index contributed by atoms with van der Waals surface area (Å²) in [7, 11) is 7.90. The van der Waals surface area contributed by atoms with E-state index >= 15 is 0 Å². The molecule has 2 fully saturated rings. The fourth-order valence-electron chi connectivity index (χ4n) is 7.17. The minimum Gasteiger partial charge on any atom is -0.545 e. The van der Waals surface area contributed by atoms with Crippen molar-refractivity contribution in [1.29, 1.82) is 0 Å². The zero-order valence-corrected chi connectivity index (χ0v) is 36.3. The third-order valence-electron chi connectivity index (χ3n) is 11.0. The summed E-state index contributed by atoms with van der Waals surface area (Å²) in [6.45, 7) is 8.05. The molecule has 65 heavy (non-hydrogen) atoms. The number of carboxylic acids is 1. The standard InChI is InChI=1S/C22H24F3N5O.C14H18N4O2.C8H8F3N.CH4.Li/c1-28-9-11-30(12-10-28)20-18-8-5-16(13-19(18)29(2)27-20)21(31)26-14-15-3-6-17(7-4-15)22(23,24)25;1-16-5-7-18(8-6-16)13-11-4-3-10(14(19)20)9-12(11)17(2)15-13;9-8(10,11)7-3-1-6(5-12)2-4-7;;/h3-8,13H,9-12,14H2,1-2H3,(H,26,31);3-4,9H,5-8H2,1-2H3,(H,19,20);1-4H,5,12H2;1H4;/q;;;;+1/p-1. The number of amides is 1. The van der Waals surface area contributed by atoms with Crippen molar-refractivity contribution >= 4 is 45.3 Å². The number of carbonyl (C=O) groups excluding carboxylic acids is 2. The molecule has 1 amide bonds. The van der Waals surface area contributed by atoms with Crippen molar-refractivity contribution < 1.29 is 59.9 Å². The van der Waals surface area contributed by atoms with Crippen LogP contribution < -0.4 is 44.8 Å². The van der Waals surface area contributed by atoms with Crippen LogP contribution in [0.25, 0.3) is 21.8 Å². The second-order valence-electron chi connectivity index (χ2n) is 15.5. The van der Waals surface area contributed by atoms with Gasteiger partial charge in [-0.1, -0.05) is 37.8 Å². The van der Waals surface area contributed by atoms with Crippen LogP contribution in [0.1, 0.15) is 50.4 Å². The van der Waals surface area contributed by atoms with Gasteiger partial charge in [-0.3, -0.25) is 14.2 Å². The Labute approximate surface area is 385 Å². The normalized spacial score (nSPS) is 14.7. The largest absolute Gasteiger partial charge is 1.00 e. The van der Waals surface area contributed by atoms with Gasteiger partial charge in [0.05, 0.1) is 28.1 Å². The fourth-order valence-corrected chi connectivity index (χ4v) is 7.17. The molecule has 2 aromatic heterocycles. The second kappa shape index (κ2) is 22.1. The number of carboxylic acid groups (broad SMARTS) is 1. The summed E-state index contributed by atoms with van der Waals surface area (Å²) >= 11 is 0. The molecule has 2 aliphatic heterocycles. The van der Waals surface area contributed by atoms with Gasteiger partial charge in [0.1, 0.15) is 0 Å². The molecule has 0 bridgehead atoms. The first kappa shape index (κ1) is 52.0. The number of likely N-dealkylation sites (N-methyl/N-ethyl adjacent to an activating group) is 2. The molecule has 0 unspecified atom stereocenters. The number of carbonyl (C=O) groups is 2. The third kappa shape index (κ3) is 13.0. The molecule has 0 aliphatic carbocycles. The first-order valence-corrected chi connectivity index (χ1v) is 20.1. The van der Waals surface area contributed by atoms with Crippen molar-refractivity contribution in [2.75, 3.05) is 76.3 Å². The molecule has 3 N–H and O–H groups in total. The Morgan fingerprint density at radius 1 is 0.615 bits per heavy atom. The minimum atomic E-state index is -4.37. The number of nitrogens with two attached hydrogens (primary N) is 1. The van der Waals surface area contributed by atoms with Crippen LogP contribution in [0.4, 0.5) is 38.0 Å². The van der Waals surface area contributed by atoms with Crippen molar-refractivity contribution in [2.24, 2.45) is 19.8 Å². The molecule has 0 saturated carbocycles. The third-order valence-corrected chi connectivity index (χ3v) is 11.0. The number of aromatic nitrogens is 4. The van der Waals surface area contributed by atoms with Gasteiger partial charge in [-0.2, -0.15) is 36.5 Å². The van der Waals surface area contributed by atoms with Gasteiger partial charge < -0.3 is 40.6 Å². The summed E-state index contributed by atoms with van der Waals surface area (Å²) in [5, 5.41) is 24.9. The van der Waals surface area contributed by atoms with Gasteiger partial charge in [-0.15, -0.1) is 0 Å². The summed E-state index contributed by atoms with van der Waals surface area (Å²) in [6.07, 6.45) is -8.63. The van der Waals surface area contributed by atoms with E-state index in [1.54, 1.807) is 33.6 Å². The predicted octanol–water partition coefficient (Wildman–Crippen LogP) is 2.77. The van der Waals surface area contributed by atoms with E-state index < -0.39 is 29.4 Å². The number of halogens is 6. The topological polar surface area (TPSA) is 144 Å². The molecule has 4 heterocycles. The Morgan fingerprint density at radius 2 is 1.00 bits per heavy atom. The number of fused-ring (bicyclic) bond motifs is 2. The number of piperazine rings is 2.